The Morgan fingerprint density at radius 3 is 2.52 bits per heavy atom. The summed E-state index contributed by atoms with van der Waals surface area (Å²) in [6.45, 7) is 5.44. The van der Waals surface area contributed by atoms with Crippen LogP contribution in [-0.4, -0.2) is 41.3 Å². The summed E-state index contributed by atoms with van der Waals surface area (Å²) in [5.41, 5.74) is 10.0. The lowest BCUT2D eigenvalue weighted by molar-refractivity contribution is 0.122. The van der Waals surface area contributed by atoms with Gasteiger partial charge in [0.1, 0.15) is 5.82 Å². The lowest BCUT2D eigenvalue weighted by Gasteiger charge is -2.28. The van der Waals surface area contributed by atoms with Crippen LogP contribution >= 0.6 is 11.3 Å². The molecule has 4 rings (SSSR count). The quantitative estimate of drug-likeness (QED) is 0.742. The molecule has 0 amide bonds. The van der Waals surface area contributed by atoms with Gasteiger partial charge in [-0.25, -0.2) is 15.0 Å². The van der Waals surface area contributed by atoms with Crippen molar-refractivity contribution in [3.63, 3.8) is 0 Å². The van der Waals surface area contributed by atoms with Crippen LogP contribution in [0.5, 0.6) is 0 Å². The summed E-state index contributed by atoms with van der Waals surface area (Å²) in [7, 11) is 0. The van der Waals surface area contributed by atoms with Gasteiger partial charge in [0, 0.05) is 31.4 Å². The number of nitrogens with zero attached hydrogens (tertiary/aromatic N) is 4. The number of aromatic nitrogens is 3. The number of aryl methyl sites for hydroxylation is 1. The summed E-state index contributed by atoms with van der Waals surface area (Å²) in [4.78, 5) is 16.8. The third kappa shape index (κ3) is 4.43. The number of hydrogen-bond acceptors (Lipinski definition) is 7. The number of ether oxygens (including phenoxy) is 1. The highest BCUT2D eigenvalue weighted by atomic mass is 32.1. The number of anilines is 2. The molecule has 1 aliphatic heterocycles. The Hall–Kier alpha value is -2.51. The van der Waals surface area contributed by atoms with Gasteiger partial charge in [-0.05, 0) is 30.7 Å². The van der Waals surface area contributed by atoms with Crippen LogP contribution in [0.3, 0.4) is 0 Å². The van der Waals surface area contributed by atoms with Crippen molar-refractivity contribution in [1.82, 2.24) is 15.0 Å². The number of rotatable bonds is 4. The average Bonchev–Trinajstić information content (AvgIpc) is 3.01. The van der Waals surface area contributed by atoms with Gasteiger partial charge in [0.25, 0.3) is 0 Å². The number of thiazole rings is 1. The van der Waals surface area contributed by atoms with Crippen molar-refractivity contribution in [3.8, 4) is 10.6 Å². The topological polar surface area (TPSA) is 77.2 Å². The molecular weight excluding hydrogens is 358 g/mol. The largest absolute Gasteiger partial charge is 0.378 e. The van der Waals surface area contributed by atoms with Gasteiger partial charge in [-0.1, -0.05) is 30.9 Å². The molecule has 0 atom stereocenters. The van der Waals surface area contributed by atoms with E-state index in [1.165, 1.54) is 22.6 Å². The fourth-order valence-electron chi connectivity index (χ4n) is 3.09. The zero-order valence-electron chi connectivity index (χ0n) is 14.7. The molecule has 7 heteroatoms. The van der Waals surface area contributed by atoms with Crippen molar-refractivity contribution in [2.75, 3.05) is 36.9 Å². The zero-order valence-corrected chi connectivity index (χ0v) is 15.5. The first-order valence-corrected chi connectivity index (χ1v) is 9.47. The molecule has 2 aromatic heterocycles. The molecule has 1 aliphatic rings. The van der Waals surface area contributed by atoms with Crippen LogP contribution in [0, 0.1) is 6.92 Å². The molecule has 3 heterocycles. The van der Waals surface area contributed by atoms with Crippen molar-refractivity contribution in [2.45, 2.75) is 20.8 Å². The molecule has 0 aliphatic carbocycles. The van der Waals surface area contributed by atoms with E-state index in [1.54, 1.807) is 6.20 Å². The summed E-state index contributed by atoms with van der Waals surface area (Å²) < 4.78 is 5.41. The molecule has 1 aromatic carbocycles. The third-order valence-electron chi connectivity index (χ3n) is 4.43. The molecule has 0 saturated carbocycles. The van der Waals surface area contributed by atoms with Crippen LogP contribution in [0.4, 0.5) is 10.8 Å². The fraction of sp³-hybridized carbons (Fsp3) is 0.350. The molecular formula is C20H25N5OS. The van der Waals surface area contributed by atoms with Gasteiger partial charge in [-0.2, -0.15) is 0 Å². The minimum atomic E-state index is 0. The van der Waals surface area contributed by atoms with Gasteiger partial charge >= 0.3 is 0 Å². The van der Waals surface area contributed by atoms with E-state index in [4.69, 9.17) is 15.5 Å². The fourth-order valence-corrected chi connectivity index (χ4v) is 3.90. The van der Waals surface area contributed by atoms with Gasteiger partial charge in [0.2, 0.25) is 0 Å². The number of hydrogen-bond donors (Lipinski definition) is 1. The molecule has 0 unspecified atom stereocenters. The summed E-state index contributed by atoms with van der Waals surface area (Å²) in [6.07, 6.45) is 2.50. The Morgan fingerprint density at radius 1 is 1.11 bits per heavy atom. The van der Waals surface area contributed by atoms with Crippen LogP contribution in [0.15, 0.2) is 36.5 Å². The predicted molar refractivity (Wildman–Crippen MR) is 111 cm³/mol. The number of nitrogen functional groups attached to an aromatic ring is 1. The van der Waals surface area contributed by atoms with Crippen molar-refractivity contribution < 1.29 is 4.74 Å². The Labute approximate surface area is 164 Å². The van der Waals surface area contributed by atoms with E-state index in [1.807, 2.05) is 13.0 Å². The molecule has 27 heavy (non-hydrogen) atoms. The van der Waals surface area contributed by atoms with Gasteiger partial charge in [0.15, 0.2) is 5.13 Å². The summed E-state index contributed by atoms with van der Waals surface area (Å²) >= 11 is 1.46. The first kappa shape index (κ1) is 19.3. The number of nitrogens with two attached hydrogens (primary N) is 1. The monoisotopic (exact) mass is 383 g/mol. The van der Waals surface area contributed by atoms with Gasteiger partial charge in [-0.3, -0.25) is 0 Å². The van der Waals surface area contributed by atoms with Gasteiger partial charge in [-0.15, -0.1) is 0 Å². The van der Waals surface area contributed by atoms with Gasteiger partial charge in [0.05, 0.1) is 29.5 Å². The summed E-state index contributed by atoms with van der Waals surface area (Å²) in [5, 5.41) is 0.566. The van der Waals surface area contributed by atoms with E-state index in [2.05, 4.69) is 39.1 Å². The maximum Gasteiger partial charge on any atom is 0.180 e. The zero-order chi connectivity index (χ0) is 17.9. The molecule has 3 aromatic rings. The molecule has 0 bridgehead atoms. The predicted octanol–water partition coefficient (Wildman–Crippen LogP) is 3.55. The summed E-state index contributed by atoms with van der Waals surface area (Å²) in [6, 6.07) is 10.5. The summed E-state index contributed by atoms with van der Waals surface area (Å²) in [5.74, 6) is 0.799. The van der Waals surface area contributed by atoms with Crippen molar-refractivity contribution in [3.05, 3.63) is 53.6 Å². The minimum absolute atomic E-state index is 0. The van der Waals surface area contributed by atoms with Crippen molar-refractivity contribution >= 4 is 22.2 Å². The second kappa shape index (κ2) is 8.45. The highest BCUT2D eigenvalue weighted by Crippen LogP contribution is 2.29. The molecule has 6 nitrogen and oxygen atoms in total. The maximum absolute atomic E-state index is 5.81. The lowest BCUT2D eigenvalue weighted by Crippen LogP contribution is -2.36. The molecule has 1 saturated heterocycles. The van der Waals surface area contributed by atoms with Crippen LogP contribution in [-0.2, 0) is 11.2 Å². The second-order valence-electron chi connectivity index (χ2n) is 6.27. The van der Waals surface area contributed by atoms with Crippen molar-refractivity contribution in [1.29, 1.82) is 0 Å². The lowest BCUT2D eigenvalue weighted by atomic mass is 10.1. The SMILES string of the molecule is C.Cc1nc(N)sc1-c1ccnc(Cc2ccc(N3CCOCC3)cc2)n1. The van der Waals surface area contributed by atoms with Crippen LogP contribution < -0.4 is 10.6 Å². The molecule has 2 N–H and O–H groups in total. The van der Waals surface area contributed by atoms with E-state index >= 15 is 0 Å². The van der Waals surface area contributed by atoms with E-state index in [0.717, 1.165) is 48.4 Å². The Kier molecular flexibility index (Phi) is 6.03. The number of morpholine rings is 1. The molecule has 0 radical (unpaired) electrons. The second-order valence-corrected chi connectivity index (χ2v) is 7.30. The van der Waals surface area contributed by atoms with Crippen molar-refractivity contribution in [2.24, 2.45) is 0 Å². The first-order chi connectivity index (χ1) is 12.7. The van der Waals surface area contributed by atoms with Crippen LogP contribution in [0.1, 0.15) is 24.5 Å². The highest BCUT2D eigenvalue weighted by molar-refractivity contribution is 7.18. The molecule has 0 spiro atoms. The van der Waals surface area contributed by atoms with E-state index in [0.29, 0.717) is 11.6 Å². The minimum Gasteiger partial charge on any atom is -0.378 e. The van der Waals surface area contributed by atoms with Crippen LogP contribution in [0.2, 0.25) is 0 Å². The standard InChI is InChI=1S/C19H21N5OS.CH4/c1-13-18(26-19(20)22-13)16-6-7-21-17(23-16)12-14-2-4-15(5-3-14)24-8-10-25-11-9-24;/h2-7H,8-12H2,1H3,(H2,20,22);1H4. The Balaban J connectivity index is 0.00000210. The van der Waals surface area contributed by atoms with Gasteiger partial charge < -0.3 is 15.4 Å². The highest BCUT2D eigenvalue weighted by Gasteiger charge is 2.12. The average molecular weight is 384 g/mol. The van der Waals surface area contributed by atoms with Crippen LogP contribution in [0.25, 0.3) is 10.6 Å². The first-order valence-electron chi connectivity index (χ1n) is 8.66. The molecule has 1 fully saturated rings. The van der Waals surface area contributed by atoms with E-state index < -0.39 is 0 Å². The third-order valence-corrected chi connectivity index (χ3v) is 5.44. The number of benzene rings is 1. The molecule has 142 valence electrons. The van der Waals surface area contributed by atoms with E-state index in [-0.39, 0.29) is 7.43 Å². The maximum atomic E-state index is 5.81. The Bertz CT molecular complexity index is 888. The normalized spacial score (nSPS) is 14.0. The van der Waals surface area contributed by atoms with E-state index in [9.17, 15) is 0 Å². The smallest absolute Gasteiger partial charge is 0.180 e. The Morgan fingerprint density at radius 2 is 1.85 bits per heavy atom.